The molecular formula is C22H31N5O3. The molecule has 1 aliphatic rings. The third-order valence-corrected chi connectivity index (χ3v) is 5.24. The van der Waals surface area contributed by atoms with Crippen LogP contribution in [0.1, 0.15) is 49.0 Å². The summed E-state index contributed by atoms with van der Waals surface area (Å²) in [5, 5.41) is 6.88. The topological polar surface area (TPSA) is 91.6 Å². The number of nitrogens with one attached hydrogen (secondary N) is 1. The van der Waals surface area contributed by atoms with Crippen LogP contribution in [-0.2, 0) is 17.6 Å². The maximum atomic E-state index is 12.5. The van der Waals surface area contributed by atoms with Gasteiger partial charge in [0.15, 0.2) is 5.82 Å². The van der Waals surface area contributed by atoms with Crippen LogP contribution in [0, 0.1) is 6.92 Å². The van der Waals surface area contributed by atoms with Crippen molar-refractivity contribution in [1.82, 2.24) is 25.3 Å². The number of aryl methyl sites for hydroxylation is 2. The van der Waals surface area contributed by atoms with Gasteiger partial charge in [0.25, 0.3) is 0 Å². The van der Waals surface area contributed by atoms with Crippen molar-refractivity contribution in [2.75, 3.05) is 32.7 Å². The Kier molecular flexibility index (Phi) is 7.43. The zero-order chi connectivity index (χ0) is 21.5. The number of rotatable bonds is 7. The van der Waals surface area contributed by atoms with Crippen LogP contribution in [0.4, 0.5) is 4.79 Å². The van der Waals surface area contributed by atoms with Crippen molar-refractivity contribution in [3.8, 4) is 0 Å². The first kappa shape index (κ1) is 21.8. The molecule has 2 aromatic rings. The minimum atomic E-state index is -0.0889. The molecule has 162 valence electrons. The van der Waals surface area contributed by atoms with Crippen LogP contribution < -0.4 is 5.32 Å². The lowest BCUT2D eigenvalue weighted by atomic mass is 10.1. The van der Waals surface area contributed by atoms with Crippen molar-refractivity contribution >= 4 is 11.9 Å². The molecule has 0 bridgehead atoms. The lowest BCUT2D eigenvalue weighted by molar-refractivity contribution is -0.131. The first-order valence-corrected chi connectivity index (χ1v) is 10.6. The molecule has 1 N–H and O–H groups in total. The van der Waals surface area contributed by atoms with E-state index in [9.17, 15) is 9.59 Å². The number of nitrogens with zero attached hydrogens (tertiary/aromatic N) is 4. The zero-order valence-electron chi connectivity index (χ0n) is 18.1. The molecule has 0 atom stereocenters. The molecule has 3 amide bonds. The maximum Gasteiger partial charge on any atom is 0.317 e. The van der Waals surface area contributed by atoms with Crippen LogP contribution in [0.2, 0.25) is 0 Å². The Morgan fingerprint density at radius 2 is 1.77 bits per heavy atom. The largest absolute Gasteiger partial charge is 0.339 e. The molecule has 1 aromatic heterocycles. The molecule has 8 nitrogen and oxygen atoms in total. The van der Waals surface area contributed by atoms with Gasteiger partial charge in [0.2, 0.25) is 11.8 Å². The molecule has 0 saturated carbocycles. The Balaban J connectivity index is 1.34. The second kappa shape index (κ2) is 10.2. The second-order valence-electron chi connectivity index (χ2n) is 8.07. The van der Waals surface area contributed by atoms with Crippen molar-refractivity contribution in [2.24, 2.45) is 0 Å². The monoisotopic (exact) mass is 413 g/mol. The van der Waals surface area contributed by atoms with Gasteiger partial charge in [-0.25, -0.2) is 4.79 Å². The number of amides is 3. The summed E-state index contributed by atoms with van der Waals surface area (Å²) < 4.78 is 5.21. The standard InChI is InChI=1S/C22H31N5O3/c1-16(2)21-24-19(30-25-21)5-4-10-23-22(29)27-13-11-26(12-14-27)20(28)15-18-8-6-17(3)7-9-18/h6-9,16H,4-5,10-15H2,1-3H3,(H,23,29). The summed E-state index contributed by atoms with van der Waals surface area (Å²) in [5.74, 6) is 1.67. The molecule has 1 fully saturated rings. The van der Waals surface area contributed by atoms with E-state index in [1.54, 1.807) is 4.90 Å². The van der Waals surface area contributed by atoms with Gasteiger partial charge < -0.3 is 19.6 Å². The number of urea groups is 1. The molecule has 8 heteroatoms. The third-order valence-electron chi connectivity index (χ3n) is 5.24. The van der Waals surface area contributed by atoms with E-state index in [-0.39, 0.29) is 17.9 Å². The molecule has 0 spiro atoms. The molecule has 0 unspecified atom stereocenters. The van der Waals surface area contributed by atoms with Gasteiger partial charge in [0.1, 0.15) is 0 Å². The van der Waals surface area contributed by atoms with E-state index < -0.39 is 0 Å². The van der Waals surface area contributed by atoms with Gasteiger partial charge >= 0.3 is 6.03 Å². The fourth-order valence-electron chi connectivity index (χ4n) is 3.30. The van der Waals surface area contributed by atoms with Crippen LogP contribution in [-0.4, -0.2) is 64.6 Å². The first-order chi connectivity index (χ1) is 14.4. The molecule has 3 rings (SSSR count). The molecule has 30 heavy (non-hydrogen) atoms. The van der Waals surface area contributed by atoms with E-state index in [1.807, 2.05) is 49.9 Å². The lowest BCUT2D eigenvalue weighted by Gasteiger charge is -2.34. The summed E-state index contributed by atoms with van der Waals surface area (Å²) in [6.45, 7) is 8.85. The summed E-state index contributed by atoms with van der Waals surface area (Å²) in [7, 11) is 0. The van der Waals surface area contributed by atoms with Gasteiger partial charge in [0, 0.05) is 45.1 Å². The van der Waals surface area contributed by atoms with Gasteiger partial charge in [-0.15, -0.1) is 0 Å². The van der Waals surface area contributed by atoms with Gasteiger partial charge in [-0.2, -0.15) is 4.98 Å². The molecule has 2 heterocycles. The zero-order valence-corrected chi connectivity index (χ0v) is 18.1. The lowest BCUT2D eigenvalue weighted by Crippen LogP contribution is -2.53. The Bertz CT molecular complexity index is 839. The number of aromatic nitrogens is 2. The number of carbonyl (C=O) groups excluding carboxylic acids is 2. The predicted molar refractivity (Wildman–Crippen MR) is 113 cm³/mol. The normalized spacial score (nSPS) is 14.3. The molecule has 1 aliphatic heterocycles. The predicted octanol–water partition coefficient (Wildman–Crippen LogP) is 2.53. The summed E-state index contributed by atoms with van der Waals surface area (Å²) in [5.41, 5.74) is 2.20. The summed E-state index contributed by atoms with van der Waals surface area (Å²) in [6.07, 6.45) is 1.78. The highest BCUT2D eigenvalue weighted by molar-refractivity contribution is 5.79. The van der Waals surface area contributed by atoms with E-state index in [0.717, 1.165) is 12.0 Å². The van der Waals surface area contributed by atoms with Crippen molar-refractivity contribution in [2.45, 2.75) is 46.0 Å². The maximum absolute atomic E-state index is 12.5. The SMILES string of the molecule is Cc1ccc(CC(=O)N2CCN(C(=O)NCCCc3nc(C(C)C)no3)CC2)cc1. The van der Waals surface area contributed by atoms with Crippen molar-refractivity contribution in [3.63, 3.8) is 0 Å². The molecule has 0 radical (unpaired) electrons. The molecule has 1 saturated heterocycles. The average Bonchev–Trinajstić information content (AvgIpc) is 3.22. The van der Waals surface area contributed by atoms with Gasteiger partial charge in [-0.1, -0.05) is 48.8 Å². The van der Waals surface area contributed by atoms with Crippen LogP contribution in [0.25, 0.3) is 0 Å². The summed E-state index contributed by atoms with van der Waals surface area (Å²) in [6, 6.07) is 7.94. The van der Waals surface area contributed by atoms with E-state index in [2.05, 4.69) is 15.5 Å². The van der Waals surface area contributed by atoms with Crippen molar-refractivity contribution in [3.05, 3.63) is 47.1 Å². The highest BCUT2D eigenvalue weighted by atomic mass is 16.5. The van der Waals surface area contributed by atoms with E-state index in [4.69, 9.17) is 4.52 Å². The molecule has 0 aliphatic carbocycles. The van der Waals surface area contributed by atoms with Crippen LogP contribution in [0.15, 0.2) is 28.8 Å². The Hall–Kier alpha value is -2.90. The number of benzene rings is 1. The van der Waals surface area contributed by atoms with Crippen LogP contribution in [0.3, 0.4) is 0 Å². The smallest absolute Gasteiger partial charge is 0.317 e. The first-order valence-electron chi connectivity index (χ1n) is 10.6. The van der Waals surface area contributed by atoms with E-state index in [0.29, 0.717) is 57.3 Å². The minimum absolute atomic E-state index is 0.0889. The fourth-order valence-corrected chi connectivity index (χ4v) is 3.30. The highest BCUT2D eigenvalue weighted by Gasteiger charge is 2.24. The summed E-state index contributed by atoms with van der Waals surface area (Å²) >= 11 is 0. The number of carbonyl (C=O) groups is 2. The van der Waals surface area contributed by atoms with Crippen molar-refractivity contribution < 1.29 is 14.1 Å². The van der Waals surface area contributed by atoms with Crippen LogP contribution >= 0.6 is 0 Å². The number of piperazine rings is 1. The second-order valence-corrected chi connectivity index (χ2v) is 8.07. The van der Waals surface area contributed by atoms with E-state index in [1.165, 1.54) is 5.56 Å². The van der Waals surface area contributed by atoms with Gasteiger partial charge in [0.05, 0.1) is 6.42 Å². The Morgan fingerprint density at radius 1 is 1.10 bits per heavy atom. The number of hydrogen-bond donors (Lipinski definition) is 1. The number of hydrogen-bond acceptors (Lipinski definition) is 5. The molecule has 1 aromatic carbocycles. The fraction of sp³-hybridized carbons (Fsp3) is 0.545. The van der Waals surface area contributed by atoms with Gasteiger partial charge in [-0.05, 0) is 18.9 Å². The third kappa shape index (κ3) is 6.05. The molecular weight excluding hydrogens is 382 g/mol. The highest BCUT2D eigenvalue weighted by Crippen LogP contribution is 2.11. The van der Waals surface area contributed by atoms with Crippen LogP contribution in [0.5, 0.6) is 0 Å². The quantitative estimate of drug-likeness (QED) is 0.705. The van der Waals surface area contributed by atoms with Gasteiger partial charge in [-0.3, -0.25) is 4.79 Å². The van der Waals surface area contributed by atoms with Crippen molar-refractivity contribution in [1.29, 1.82) is 0 Å². The Labute approximate surface area is 177 Å². The minimum Gasteiger partial charge on any atom is -0.339 e. The van der Waals surface area contributed by atoms with E-state index >= 15 is 0 Å². The average molecular weight is 414 g/mol. The summed E-state index contributed by atoms with van der Waals surface area (Å²) in [4.78, 5) is 32.8. The Morgan fingerprint density at radius 3 is 2.40 bits per heavy atom.